The molecule has 0 saturated heterocycles. The number of H-pyrrole nitrogens is 2. The van der Waals surface area contributed by atoms with Gasteiger partial charge in [-0.15, -0.1) is 0 Å². The summed E-state index contributed by atoms with van der Waals surface area (Å²) in [5, 5.41) is 13.4. The first-order valence-corrected chi connectivity index (χ1v) is 5.81. The highest BCUT2D eigenvalue weighted by molar-refractivity contribution is 5.46. The highest BCUT2D eigenvalue weighted by atomic mass is 16.1. The Morgan fingerprint density at radius 2 is 1.94 bits per heavy atom. The minimum absolute atomic E-state index is 0.222. The minimum Gasteiger partial charge on any atom is -0.268 e. The molecule has 2 heterocycles. The predicted molar refractivity (Wildman–Crippen MR) is 61.4 cm³/mol. The van der Waals surface area contributed by atoms with Crippen LogP contribution in [0.5, 0.6) is 0 Å². The maximum atomic E-state index is 10.9. The van der Waals surface area contributed by atoms with Crippen molar-refractivity contribution in [1.82, 2.24) is 25.4 Å². The van der Waals surface area contributed by atoms with E-state index in [0.29, 0.717) is 17.4 Å². The van der Waals surface area contributed by atoms with Gasteiger partial charge in [0, 0.05) is 12.0 Å². The Morgan fingerprint density at radius 3 is 2.65 bits per heavy atom. The van der Waals surface area contributed by atoms with Crippen LogP contribution in [-0.4, -0.2) is 25.4 Å². The molecule has 0 amide bonds. The van der Waals surface area contributed by atoms with E-state index in [-0.39, 0.29) is 5.56 Å². The molecule has 2 N–H and O–H groups in total. The van der Waals surface area contributed by atoms with Crippen LogP contribution in [-0.2, 0) is 0 Å². The molecule has 0 spiro atoms. The predicted octanol–water partition coefficient (Wildman–Crippen LogP) is 1.21. The molecular weight excluding hydrogens is 218 g/mol. The smallest absolute Gasteiger partial charge is 0.264 e. The van der Waals surface area contributed by atoms with Crippen LogP contribution in [0.15, 0.2) is 16.9 Å². The number of aromatic nitrogens is 5. The molecule has 17 heavy (non-hydrogen) atoms. The van der Waals surface area contributed by atoms with Crippen LogP contribution in [0.2, 0.25) is 0 Å². The molecule has 1 aliphatic rings. The molecule has 2 aromatic heterocycles. The fraction of sp³-hybridized carbons (Fsp3) is 0.455. The van der Waals surface area contributed by atoms with E-state index >= 15 is 0 Å². The van der Waals surface area contributed by atoms with Gasteiger partial charge in [-0.3, -0.25) is 9.89 Å². The van der Waals surface area contributed by atoms with Crippen molar-refractivity contribution < 1.29 is 0 Å². The summed E-state index contributed by atoms with van der Waals surface area (Å²) in [6.45, 7) is 0. The first-order chi connectivity index (χ1) is 8.33. The van der Waals surface area contributed by atoms with Crippen molar-refractivity contribution in [2.24, 2.45) is 0 Å². The van der Waals surface area contributed by atoms with Crippen molar-refractivity contribution in [3.63, 3.8) is 0 Å². The SMILES string of the molecule is O=c1ccc(-c2n[nH]c(C3CCCC3)n2)n[nH]1. The minimum atomic E-state index is -0.222. The van der Waals surface area contributed by atoms with Gasteiger partial charge in [0.1, 0.15) is 11.5 Å². The van der Waals surface area contributed by atoms with Crippen LogP contribution in [0.4, 0.5) is 0 Å². The summed E-state index contributed by atoms with van der Waals surface area (Å²) in [5.41, 5.74) is 0.366. The average molecular weight is 231 g/mol. The molecule has 1 fully saturated rings. The molecule has 6 nitrogen and oxygen atoms in total. The lowest BCUT2D eigenvalue weighted by Crippen LogP contribution is -2.06. The van der Waals surface area contributed by atoms with E-state index in [2.05, 4.69) is 25.4 Å². The van der Waals surface area contributed by atoms with Gasteiger partial charge in [-0.25, -0.2) is 10.1 Å². The van der Waals surface area contributed by atoms with Gasteiger partial charge in [-0.2, -0.15) is 10.2 Å². The third kappa shape index (κ3) is 1.98. The van der Waals surface area contributed by atoms with Crippen molar-refractivity contribution in [3.8, 4) is 11.5 Å². The Balaban J connectivity index is 1.89. The van der Waals surface area contributed by atoms with E-state index in [1.165, 1.54) is 31.7 Å². The van der Waals surface area contributed by atoms with Crippen LogP contribution in [0.1, 0.15) is 37.4 Å². The molecule has 0 unspecified atom stereocenters. The highest BCUT2D eigenvalue weighted by Crippen LogP contribution is 2.32. The summed E-state index contributed by atoms with van der Waals surface area (Å²) in [6, 6.07) is 3.05. The summed E-state index contributed by atoms with van der Waals surface area (Å²) in [6.07, 6.45) is 4.87. The van der Waals surface area contributed by atoms with Crippen LogP contribution in [0.3, 0.4) is 0 Å². The van der Waals surface area contributed by atoms with Gasteiger partial charge in [0.15, 0.2) is 0 Å². The monoisotopic (exact) mass is 231 g/mol. The van der Waals surface area contributed by atoms with Gasteiger partial charge in [-0.1, -0.05) is 12.8 Å². The molecule has 0 bridgehead atoms. The summed E-state index contributed by atoms with van der Waals surface area (Å²) in [5.74, 6) is 1.98. The third-order valence-corrected chi connectivity index (χ3v) is 3.15. The lowest BCUT2D eigenvalue weighted by Gasteiger charge is -2.01. The van der Waals surface area contributed by atoms with Crippen molar-refractivity contribution >= 4 is 0 Å². The van der Waals surface area contributed by atoms with E-state index in [0.717, 1.165) is 5.82 Å². The molecule has 88 valence electrons. The number of hydrogen-bond donors (Lipinski definition) is 2. The topological polar surface area (TPSA) is 87.3 Å². The quantitative estimate of drug-likeness (QED) is 0.813. The zero-order valence-electron chi connectivity index (χ0n) is 9.31. The van der Waals surface area contributed by atoms with Crippen LogP contribution >= 0.6 is 0 Å². The van der Waals surface area contributed by atoms with Crippen LogP contribution < -0.4 is 5.56 Å². The lowest BCUT2D eigenvalue weighted by molar-refractivity contribution is 0.672. The molecule has 1 saturated carbocycles. The van der Waals surface area contributed by atoms with Gasteiger partial charge >= 0.3 is 0 Å². The van der Waals surface area contributed by atoms with Gasteiger partial charge in [0.2, 0.25) is 5.82 Å². The van der Waals surface area contributed by atoms with E-state index in [9.17, 15) is 4.79 Å². The van der Waals surface area contributed by atoms with Gasteiger partial charge < -0.3 is 0 Å². The van der Waals surface area contributed by atoms with Gasteiger partial charge in [0.25, 0.3) is 5.56 Å². The maximum absolute atomic E-state index is 10.9. The zero-order valence-corrected chi connectivity index (χ0v) is 9.31. The number of hydrogen-bond acceptors (Lipinski definition) is 4. The van der Waals surface area contributed by atoms with E-state index < -0.39 is 0 Å². The molecule has 3 rings (SSSR count). The second-order valence-electron chi connectivity index (χ2n) is 4.33. The van der Waals surface area contributed by atoms with Crippen molar-refractivity contribution in [3.05, 3.63) is 28.3 Å². The van der Waals surface area contributed by atoms with Crippen LogP contribution in [0, 0.1) is 0 Å². The summed E-state index contributed by atoms with van der Waals surface area (Å²) < 4.78 is 0. The molecule has 1 aliphatic carbocycles. The largest absolute Gasteiger partial charge is 0.268 e. The molecular formula is C11H13N5O. The Hall–Kier alpha value is -1.98. The molecule has 0 aromatic carbocycles. The van der Waals surface area contributed by atoms with Crippen molar-refractivity contribution in [2.75, 3.05) is 0 Å². The van der Waals surface area contributed by atoms with E-state index in [1.807, 2.05) is 0 Å². The molecule has 0 radical (unpaired) electrons. The summed E-state index contributed by atoms with van der Waals surface area (Å²) >= 11 is 0. The molecule has 6 heteroatoms. The zero-order chi connectivity index (χ0) is 11.7. The summed E-state index contributed by atoms with van der Waals surface area (Å²) in [4.78, 5) is 15.3. The highest BCUT2D eigenvalue weighted by Gasteiger charge is 2.21. The van der Waals surface area contributed by atoms with Gasteiger partial charge in [0.05, 0.1) is 0 Å². The standard InChI is InChI=1S/C11H13N5O/c17-9-6-5-8(13-14-9)11-12-10(15-16-11)7-3-1-2-4-7/h5-7H,1-4H2,(H,14,17)(H,12,15,16). The van der Waals surface area contributed by atoms with Crippen molar-refractivity contribution in [2.45, 2.75) is 31.6 Å². The Labute approximate surface area is 97.5 Å². The summed E-state index contributed by atoms with van der Waals surface area (Å²) in [7, 11) is 0. The number of nitrogens with zero attached hydrogens (tertiary/aromatic N) is 3. The average Bonchev–Trinajstić information content (AvgIpc) is 3.00. The number of nitrogens with one attached hydrogen (secondary N) is 2. The Bertz CT molecular complexity index is 547. The van der Waals surface area contributed by atoms with E-state index in [4.69, 9.17) is 0 Å². The molecule has 2 aromatic rings. The van der Waals surface area contributed by atoms with Crippen LogP contribution in [0.25, 0.3) is 11.5 Å². The van der Waals surface area contributed by atoms with Gasteiger partial charge in [-0.05, 0) is 18.9 Å². The third-order valence-electron chi connectivity index (χ3n) is 3.15. The molecule has 0 atom stereocenters. The number of aromatic amines is 2. The fourth-order valence-electron chi connectivity index (χ4n) is 2.24. The Kier molecular flexibility index (Phi) is 2.47. The molecule has 0 aliphatic heterocycles. The van der Waals surface area contributed by atoms with E-state index in [1.54, 1.807) is 6.07 Å². The fourth-order valence-corrected chi connectivity index (χ4v) is 2.24. The second kappa shape index (κ2) is 4.12. The first-order valence-electron chi connectivity index (χ1n) is 5.81. The number of rotatable bonds is 2. The Morgan fingerprint density at radius 1 is 1.12 bits per heavy atom. The normalized spacial score (nSPS) is 16.5. The maximum Gasteiger partial charge on any atom is 0.264 e. The van der Waals surface area contributed by atoms with Crippen molar-refractivity contribution in [1.29, 1.82) is 0 Å². The second-order valence-corrected chi connectivity index (χ2v) is 4.33. The lowest BCUT2D eigenvalue weighted by atomic mass is 10.1. The first kappa shape index (κ1) is 10.2.